The van der Waals surface area contributed by atoms with Crippen molar-refractivity contribution >= 4 is 19.7 Å². The van der Waals surface area contributed by atoms with Crippen LogP contribution in [0.2, 0.25) is 0 Å². The number of aliphatic hydroxyl groups is 2. The number of carboxylic acids is 1. The number of carboxylic acid groups (broad SMARTS) is 1. The Hall–Kier alpha value is -1.59. The molecule has 1 fully saturated rings. The number of ether oxygens (including phenoxy) is 12. The van der Waals surface area contributed by atoms with Crippen molar-refractivity contribution < 1.29 is 105 Å². The van der Waals surface area contributed by atoms with Gasteiger partial charge in [0.25, 0.3) is 0 Å². The van der Waals surface area contributed by atoms with E-state index in [4.69, 9.17) is 66.2 Å². The van der Waals surface area contributed by atoms with Gasteiger partial charge in [-0.25, -0.2) is 4.57 Å². The monoisotopic (exact) mass is 1190 g/mol. The van der Waals surface area contributed by atoms with E-state index in [9.17, 15) is 34.4 Å². The van der Waals surface area contributed by atoms with E-state index in [-0.39, 0.29) is 38.9 Å². The maximum atomic E-state index is 13.5. The van der Waals surface area contributed by atoms with E-state index in [0.29, 0.717) is 138 Å². The number of amides is 1. The minimum atomic E-state index is -4.28. The van der Waals surface area contributed by atoms with Gasteiger partial charge in [0.1, 0.15) is 11.5 Å². The van der Waals surface area contributed by atoms with Crippen LogP contribution >= 0.6 is 7.82 Å². The lowest BCUT2D eigenvalue weighted by molar-refractivity contribution is -0.377. The molecule has 25 heteroatoms. The van der Waals surface area contributed by atoms with Crippen molar-refractivity contribution in [2.75, 3.05) is 172 Å². The van der Waals surface area contributed by atoms with Gasteiger partial charge in [-0.1, -0.05) is 129 Å². The van der Waals surface area contributed by atoms with Gasteiger partial charge in [-0.15, -0.1) is 5.06 Å². The molecular formula is C56H111N2O22P. The Labute approximate surface area is 485 Å². The molecule has 1 saturated heterocycles. The van der Waals surface area contributed by atoms with E-state index >= 15 is 0 Å². The molecule has 1 amide bonds. The van der Waals surface area contributed by atoms with Crippen LogP contribution in [0.15, 0.2) is 0 Å². The molecule has 0 aromatic carbocycles. The summed E-state index contributed by atoms with van der Waals surface area (Å²) in [5, 5.41) is 35.1. The highest BCUT2D eigenvalue weighted by atomic mass is 31.2. The minimum absolute atomic E-state index is 0.00852. The number of carbonyl (C=O) groups excluding carboxylic acids is 1. The molecule has 0 radical (unpaired) electrons. The number of hydroxylamine groups is 2. The molecule has 24 nitrogen and oxygen atoms in total. The average Bonchev–Trinajstić information content (AvgIpc) is 3.52. The van der Waals surface area contributed by atoms with Crippen LogP contribution < -0.4 is 5.32 Å². The van der Waals surface area contributed by atoms with Crippen LogP contribution in [0, 0.1) is 5.41 Å². The van der Waals surface area contributed by atoms with E-state index in [2.05, 4.69) is 23.7 Å². The zero-order valence-corrected chi connectivity index (χ0v) is 51.1. The second-order valence-electron chi connectivity index (χ2n) is 19.9. The summed E-state index contributed by atoms with van der Waals surface area (Å²) >= 11 is 0. The molecular weight excluding hydrogens is 1080 g/mol. The van der Waals surface area contributed by atoms with Crippen LogP contribution in [-0.4, -0.2) is 234 Å². The van der Waals surface area contributed by atoms with Crippen LogP contribution in [0.5, 0.6) is 0 Å². The molecule has 0 bridgehead atoms. The Morgan fingerprint density at radius 3 is 1.12 bits per heavy atom. The normalized spacial score (nSPS) is 17.7. The molecule has 0 aliphatic carbocycles. The molecule has 0 aromatic heterocycles. The van der Waals surface area contributed by atoms with Crippen molar-refractivity contribution in [1.82, 2.24) is 10.4 Å². The second-order valence-corrected chi connectivity index (χ2v) is 21.4. The van der Waals surface area contributed by atoms with Gasteiger partial charge in [-0.2, -0.15) is 0 Å². The minimum Gasteiger partial charge on any atom is -0.480 e. The first-order valence-electron chi connectivity index (χ1n) is 30.3. The van der Waals surface area contributed by atoms with E-state index < -0.39 is 50.5 Å². The van der Waals surface area contributed by atoms with Crippen molar-refractivity contribution in [1.29, 1.82) is 0 Å². The summed E-state index contributed by atoms with van der Waals surface area (Å²) < 4.78 is 87.1. The van der Waals surface area contributed by atoms with Crippen LogP contribution in [0.4, 0.5) is 0 Å². The topological polar surface area (TPSA) is 286 Å². The summed E-state index contributed by atoms with van der Waals surface area (Å²) in [6, 6.07) is 0. The third-order valence-corrected chi connectivity index (χ3v) is 14.2. The number of nitrogens with one attached hydrogen (secondary N) is 1. The molecule has 1 rings (SSSR count). The lowest BCUT2D eigenvalue weighted by atomic mass is 9.76. The Balaban J connectivity index is 1.92. The highest BCUT2D eigenvalue weighted by Crippen LogP contribution is 2.42. The number of aliphatic carboxylic acids is 1. The van der Waals surface area contributed by atoms with Gasteiger partial charge in [-0.05, 0) is 19.8 Å². The van der Waals surface area contributed by atoms with Crippen LogP contribution in [0.1, 0.15) is 149 Å². The number of aliphatic hydroxyl groups excluding tert-OH is 2. The van der Waals surface area contributed by atoms with Crippen LogP contribution in [0.3, 0.4) is 0 Å². The van der Waals surface area contributed by atoms with Gasteiger partial charge >= 0.3 is 13.8 Å². The molecule has 5 atom stereocenters. The number of phosphoric ester groups is 1. The number of hydrogen-bond acceptors (Lipinski definition) is 21. The third-order valence-electron chi connectivity index (χ3n) is 13.3. The first-order chi connectivity index (χ1) is 39.5. The molecule has 482 valence electrons. The Morgan fingerprint density at radius 2 is 0.802 bits per heavy atom. The second kappa shape index (κ2) is 55.0. The quantitative estimate of drug-likeness (QED) is 0.0243. The summed E-state index contributed by atoms with van der Waals surface area (Å²) in [6.07, 6.45) is 16.6. The van der Waals surface area contributed by atoms with Gasteiger partial charge in [-0.3, -0.25) is 23.5 Å². The summed E-state index contributed by atoms with van der Waals surface area (Å²) in [6.45, 7) is 14.4. The fraction of sp³-hybridized carbons (Fsp3) is 0.964. The maximum absolute atomic E-state index is 13.5. The molecule has 81 heavy (non-hydrogen) atoms. The molecule has 5 unspecified atom stereocenters. The standard InChI is InChI=1S/C56H111N2O22P/c1-5-7-9-11-13-15-17-19-21-23-56(55(62)63,24-22-20-18-16-14-12-10-8-6-2)54(61)57-25-26-67-27-28-68-29-30-69-31-32-70-33-34-71-35-36-72-37-38-73-39-40-74-41-42-75-43-44-76-45-46-77-47-48-78-58-52(59)50(3)80-51(53(58)60)49-79-81(64,65)66-4/h50-53,59-60H,5-49H2,1-4H3,(H,57,61)(H,62,63)(H,64,65). The van der Waals surface area contributed by atoms with E-state index in [1.807, 2.05) is 0 Å². The summed E-state index contributed by atoms with van der Waals surface area (Å²) in [4.78, 5) is 41.2. The lowest BCUT2D eigenvalue weighted by Crippen LogP contribution is -2.61. The number of morpholine rings is 1. The largest absolute Gasteiger partial charge is 0.480 e. The molecule has 0 spiro atoms. The van der Waals surface area contributed by atoms with Crippen molar-refractivity contribution in [3.8, 4) is 0 Å². The van der Waals surface area contributed by atoms with Crippen molar-refractivity contribution in [2.24, 2.45) is 5.41 Å². The van der Waals surface area contributed by atoms with Gasteiger partial charge in [0.05, 0.1) is 165 Å². The zero-order chi connectivity index (χ0) is 59.2. The van der Waals surface area contributed by atoms with Crippen molar-refractivity contribution in [2.45, 2.75) is 174 Å². The first kappa shape index (κ1) is 77.4. The predicted octanol–water partition coefficient (Wildman–Crippen LogP) is 6.62. The van der Waals surface area contributed by atoms with E-state index in [1.165, 1.54) is 64.2 Å². The number of rotatable bonds is 63. The highest BCUT2D eigenvalue weighted by Gasteiger charge is 2.45. The SMILES string of the molecule is CCCCCCCCCCCC(CCCCCCCCCCC)(C(=O)O)C(=O)NCCOCCOCCOCCOCCOCCOCCOCCOCCOCCOCCOCCON1C(O)C(C)OC(COP(=O)(O)OC)C1O. The zero-order valence-electron chi connectivity index (χ0n) is 50.2. The number of carbonyl (C=O) groups is 2. The van der Waals surface area contributed by atoms with Gasteiger partial charge < -0.3 is 82.4 Å². The average molecular weight is 1200 g/mol. The van der Waals surface area contributed by atoms with E-state index in [0.717, 1.165) is 63.5 Å². The van der Waals surface area contributed by atoms with Gasteiger partial charge in [0.2, 0.25) is 5.91 Å². The summed E-state index contributed by atoms with van der Waals surface area (Å²) in [5.74, 6) is -1.40. The fourth-order valence-corrected chi connectivity index (χ4v) is 8.93. The Kier molecular flexibility index (Phi) is 52.6. The Bertz CT molecular complexity index is 1440. The molecule has 1 aliphatic rings. The number of unbranched alkanes of at least 4 members (excludes halogenated alkanes) is 16. The predicted molar refractivity (Wildman–Crippen MR) is 303 cm³/mol. The Morgan fingerprint density at radius 1 is 0.494 bits per heavy atom. The van der Waals surface area contributed by atoms with Crippen molar-refractivity contribution in [3.05, 3.63) is 0 Å². The number of phosphoric acid groups is 1. The molecule has 1 heterocycles. The van der Waals surface area contributed by atoms with Gasteiger partial charge in [0.15, 0.2) is 12.5 Å². The first-order valence-corrected chi connectivity index (χ1v) is 31.8. The number of hydrogen-bond donors (Lipinski definition) is 5. The van der Waals surface area contributed by atoms with Crippen LogP contribution in [0.25, 0.3) is 0 Å². The van der Waals surface area contributed by atoms with E-state index in [1.54, 1.807) is 6.92 Å². The fourth-order valence-electron chi connectivity index (χ4n) is 8.49. The lowest BCUT2D eigenvalue weighted by Gasteiger charge is -2.43. The highest BCUT2D eigenvalue weighted by molar-refractivity contribution is 7.47. The van der Waals surface area contributed by atoms with Crippen molar-refractivity contribution in [3.63, 3.8) is 0 Å². The van der Waals surface area contributed by atoms with Gasteiger partial charge in [0, 0.05) is 13.7 Å². The maximum Gasteiger partial charge on any atom is 0.472 e. The molecule has 1 aliphatic heterocycles. The summed E-state index contributed by atoms with van der Waals surface area (Å²) in [5.41, 5.74) is -1.40. The number of nitrogens with zero attached hydrogens (tertiary/aromatic N) is 1. The van der Waals surface area contributed by atoms with Crippen LogP contribution in [-0.2, 0) is 84.9 Å². The summed E-state index contributed by atoms with van der Waals surface area (Å²) in [7, 11) is -3.27. The molecule has 5 N–H and O–H groups in total. The molecule has 0 aromatic rings. The third kappa shape index (κ3) is 42.8. The smallest absolute Gasteiger partial charge is 0.472 e. The molecule has 0 saturated carbocycles.